The minimum absolute atomic E-state index is 0.0260. The van der Waals surface area contributed by atoms with E-state index in [1.54, 1.807) is 0 Å². The van der Waals surface area contributed by atoms with Gasteiger partial charge in [-0.3, -0.25) is 9.44 Å². The minimum atomic E-state index is -4.32. The van der Waals surface area contributed by atoms with E-state index in [9.17, 15) is 26.7 Å². The second-order valence-corrected chi connectivity index (χ2v) is 10.9. The Morgan fingerprint density at radius 2 is 1.14 bits per heavy atom. The zero-order chi connectivity index (χ0) is 25.4. The molecule has 0 aliphatic rings. The maximum absolute atomic E-state index is 13.2. The van der Waals surface area contributed by atoms with E-state index in [4.69, 9.17) is 11.5 Å². The van der Waals surface area contributed by atoms with Gasteiger partial charge in [-0.1, -0.05) is 12.1 Å². The van der Waals surface area contributed by atoms with E-state index in [-0.39, 0.29) is 27.0 Å². The lowest BCUT2D eigenvalue weighted by Crippen LogP contribution is -2.16. The SMILES string of the molecule is Nc1ccc(NS(=O)(=O)c2cc(C(=O)O)cc3c(S(=O)(=O)Nc4ccc(N)cc4)cccc23)cc1. The van der Waals surface area contributed by atoms with Crippen molar-refractivity contribution in [1.82, 2.24) is 0 Å². The number of hydrogen-bond donors (Lipinski definition) is 5. The molecule has 7 N–H and O–H groups in total. The molecular weight excluding hydrogens is 492 g/mol. The number of hydrogen-bond acceptors (Lipinski definition) is 7. The lowest BCUT2D eigenvalue weighted by atomic mass is 10.1. The summed E-state index contributed by atoms with van der Waals surface area (Å²) in [4.78, 5) is 11.1. The van der Waals surface area contributed by atoms with Crippen LogP contribution in [0.5, 0.6) is 0 Å². The number of sulfonamides is 2. The van der Waals surface area contributed by atoms with Gasteiger partial charge >= 0.3 is 5.97 Å². The van der Waals surface area contributed by atoms with Gasteiger partial charge in [-0.05, 0) is 66.7 Å². The van der Waals surface area contributed by atoms with Crippen molar-refractivity contribution in [1.29, 1.82) is 0 Å². The van der Waals surface area contributed by atoms with Crippen LogP contribution in [0.1, 0.15) is 10.4 Å². The molecule has 4 aromatic rings. The van der Waals surface area contributed by atoms with Gasteiger partial charge in [0.2, 0.25) is 0 Å². The number of carbonyl (C=O) groups is 1. The molecule has 0 aliphatic heterocycles. The number of rotatable bonds is 7. The van der Waals surface area contributed by atoms with Gasteiger partial charge in [-0.2, -0.15) is 0 Å². The number of nitrogen functional groups attached to an aromatic ring is 2. The van der Waals surface area contributed by atoms with E-state index < -0.39 is 36.5 Å². The number of fused-ring (bicyclic) bond motifs is 1. The second kappa shape index (κ2) is 8.81. The highest BCUT2D eigenvalue weighted by atomic mass is 32.2. The summed E-state index contributed by atoms with van der Waals surface area (Å²) in [6, 6.07) is 18.0. The molecule has 0 aromatic heterocycles. The van der Waals surface area contributed by atoms with E-state index in [2.05, 4.69) is 9.44 Å². The maximum Gasteiger partial charge on any atom is 0.335 e. The first-order chi connectivity index (χ1) is 16.5. The summed E-state index contributed by atoms with van der Waals surface area (Å²) in [6.45, 7) is 0. The van der Waals surface area contributed by atoms with Crippen LogP contribution in [-0.4, -0.2) is 27.9 Å². The smallest absolute Gasteiger partial charge is 0.335 e. The van der Waals surface area contributed by atoms with Gasteiger partial charge in [-0.25, -0.2) is 21.6 Å². The molecule has 0 heterocycles. The Hall–Kier alpha value is -4.29. The van der Waals surface area contributed by atoms with Crippen LogP contribution in [0.25, 0.3) is 10.8 Å². The van der Waals surface area contributed by atoms with Crippen molar-refractivity contribution < 1.29 is 26.7 Å². The van der Waals surface area contributed by atoms with Crippen molar-refractivity contribution in [2.45, 2.75) is 9.79 Å². The summed E-state index contributed by atoms with van der Waals surface area (Å²) in [5, 5.41) is 9.55. The monoisotopic (exact) mass is 512 g/mol. The zero-order valence-corrected chi connectivity index (χ0v) is 19.6. The summed E-state index contributed by atoms with van der Waals surface area (Å²) < 4.78 is 57.7. The molecule has 0 saturated carbocycles. The highest BCUT2D eigenvalue weighted by Gasteiger charge is 2.25. The number of carboxylic acid groups (broad SMARTS) is 1. The van der Waals surface area contributed by atoms with Crippen molar-refractivity contribution in [2.75, 3.05) is 20.9 Å². The summed E-state index contributed by atoms with van der Waals surface area (Å²) >= 11 is 0. The highest BCUT2D eigenvalue weighted by molar-refractivity contribution is 7.93. The quantitative estimate of drug-likeness (QED) is 0.234. The van der Waals surface area contributed by atoms with Crippen LogP contribution in [0, 0.1) is 0 Å². The van der Waals surface area contributed by atoms with Gasteiger partial charge < -0.3 is 16.6 Å². The predicted octanol–water partition coefficient (Wildman–Crippen LogP) is 3.30. The van der Waals surface area contributed by atoms with Crippen molar-refractivity contribution in [3.8, 4) is 0 Å². The Labute approximate surface area is 201 Å². The summed E-state index contributed by atoms with van der Waals surface area (Å²) in [5.41, 5.74) is 12.2. The number of carboxylic acids is 1. The van der Waals surface area contributed by atoms with E-state index in [0.29, 0.717) is 11.4 Å². The van der Waals surface area contributed by atoms with Gasteiger partial charge in [0.1, 0.15) is 0 Å². The molecule has 0 fully saturated rings. The molecule has 0 atom stereocenters. The topological polar surface area (TPSA) is 182 Å². The molecule has 12 heteroatoms. The first-order valence-corrected chi connectivity index (χ1v) is 13.0. The number of aromatic carboxylic acids is 1. The average Bonchev–Trinajstić information content (AvgIpc) is 2.80. The van der Waals surface area contributed by atoms with Crippen molar-refractivity contribution in [3.05, 3.63) is 84.4 Å². The maximum atomic E-state index is 13.2. The van der Waals surface area contributed by atoms with Gasteiger partial charge in [0.15, 0.2) is 0 Å². The minimum Gasteiger partial charge on any atom is -0.478 e. The van der Waals surface area contributed by atoms with Gasteiger partial charge in [0.05, 0.1) is 15.4 Å². The fourth-order valence-electron chi connectivity index (χ4n) is 3.43. The molecule has 180 valence electrons. The third-order valence-corrected chi connectivity index (χ3v) is 7.93. The standard InChI is InChI=1S/C23H20N4O6S2/c24-15-4-8-17(9-5-15)26-34(30,31)21-3-1-2-19-20(21)12-14(23(28)29)13-22(19)35(32,33)27-18-10-6-16(25)7-11-18/h1-13,26-27H,24-25H2,(H,28,29). The molecule has 35 heavy (non-hydrogen) atoms. The molecule has 0 saturated heterocycles. The predicted molar refractivity (Wildman–Crippen MR) is 134 cm³/mol. The zero-order valence-electron chi connectivity index (χ0n) is 18.0. The molecule has 10 nitrogen and oxygen atoms in total. The number of benzene rings is 4. The normalized spacial score (nSPS) is 11.8. The van der Waals surface area contributed by atoms with Crippen LogP contribution in [-0.2, 0) is 20.0 Å². The largest absolute Gasteiger partial charge is 0.478 e. The molecule has 0 spiro atoms. The number of anilines is 4. The van der Waals surface area contributed by atoms with Crippen LogP contribution >= 0.6 is 0 Å². The average molecular weight is 513 g/mol. The van der Waals surface area contributed by atoms with Crippen LogP contribution in [0.2, 0.25) is 0 Å². The number of nitrogens with one attached hydrogen (secondary N) is 2. The van der Waals surface area contributed by atoms with E-state index in [1.165, 1.54) is 66.7 Å². The Morgan fingerprint density at radius 1 is 0.657 bits per heavy atom. The number of nitrogens with two attached hydrogens (primary N) is 2. The fraction of sp³-hybridized carbons (Fsp3) is 0. The molecule has 0 aliphatic carbocycles. The molecule has 0 unspecified atom stereocenters. The molecule has 0 amide bonds. The fourth-order valence-corrected chi connectivity index (χ4v) is 6.01. The van der Waals surface area contributed by atoms with Gasteiger partial charge in [-0.15, -0.1) is 0 Å². The van der Waals surface area contributed by atoms with Crippen LogP contribution in [0.3, 0.4) is 0 Å². The third-order valence-electron chi connectivity index (χ3n) is 5.07. The lowest BCUT2D eigenvalue weighted by Gasteiger charge is -2.15. The molecule has 0 bridgehead atoms. The Balaban J connectivity index is 1.88. The summed E-state index contributed by atoms with van der Waals surface area (Å²) in [6.07, 6.45) is 0. The highest BCUT2D eigenvalue weighted by Crippen LogP contribution is 2.32. The van der Waals surface area contributed by atoms with Gasteiger partial charge in [0.25, 0.3) is 20.0 Å². The Morgan fingerprint density at radius 3 is 1.63 bits per heavy atom. The Kier molecular flexibility index (Phi) is 6.01. The third kappa shape index (κ3) is 4.98. The molecule has 4 aromatic carbocycles. The molecule has 0 radical (unpaired) electrons. The molecular formula is C23H20N4O6S2. The van der Waals surface area contributed by atoms with Crippen molar-refractivity contribution in [3.63, 3.8) is 0 Å². The van der Waals surface area contributed by atoms with E-state index in [1.807, 2.05) is 0 Å². The Bertz CT molecular complexity index is 1650. The second-order valence-electron chi connectivity index (χ2n) is 7.59. The first-order valence-electron chi connectivity index (χ1n) is 10.0. The van der Waals surface area contributed by atoms with Crippen LogP contribution in [0.15, 0.2) is 88.7 Å². The van der Waals surface area contributed by atoms with Crippen molar-refractivity contribution in [2.24, 2.45) is 0 Å². The summed E-state index contributed by atoms with van der Waals surface area (Å²) in [5.74, 6) is -1.42. The van der Waals surface area contributed by atoms with Gasteiger partial charge in [0, 0.05) is 33.5 Å². The first kappa shape index (κ1) is 23.9. The van der Waals surface area contributed by atoms with Crippen molar-refractivity contribution >= 4 is 59.5 Å². The van der Waals surface area contributed by atoms with Crippen LogP contribution < -0.4 is 20.9 Å². The summed E-state index contributed by atoms with van der Waals surface area (Å²) in [7, 11) is -8.55. The lowest BCUT2D eigenvalue weighted by molar-refractivity contribution is 0.0696. The van der Waals surface area contributed by atoms with E-state index >= 15 is 0 Å². The van der Waals surface area contributed by atoms with E-state index in [0.717, 1.165) is 12.1 Å². The molecule has 4 rings (SSSR count). The van der Waals surface area contributed by atoms with Crippen LogP contribution in [0.4, 0.5) is 22.7 Å².